The Kier molecular flexibility index (Phi) is 3.33. The summed E-state index contributed by atoms with van der Waals surface area (Å²) in [6.45, 7) is 2.87. The third-order valence-electron chi connectivity index (χ3n) is 3.42. The van der Waals surface area contributed by atoms with Crippen LogP contribution in [0.4, 0.5) is 5.69 Å². The molecular formula is C15H18N2O. The van der Waals surface area contributed by atoms with E-state index in [1.165, 1.54) is 11.3 Å². The Morgan fingerprint density at radius 3 is 3.06 bits per heavy atom. The van der Waals surface area contributed by atoms with E-state index in [-0.39, 0.29) is 0 Å². The third kappa shape index (κ3) is 2.57. The summed E-state index contributed by atoms with van der Waals surface area (Å²) < 4.78 is 5.30. The molecule has 2 aromatic rings. The molecule has 18 heavy (non-hydrogen) atoms. The Bertz CT molecular complexity index is 493. The first-order valence-corrected chi connectivity index (χ1v) is 6.47. The highest BCUT2D eigenvalue weighted by Gasteiger charge is 2.17. The smallest absolute Gasteiger partial charge is 0.117 e. The van der Waals surface area contributed by atoms with Crippen LogP contribution >= 0.6 is 0 Å². The van der Waals surface area contributed by atoms with Gasteiger partial charge in [-0.15, -0.1) is 0 Å². The SMILES string of the molecule is c1coc(CNCC2CNc3ccccc3C2)c1. The molecule has 0 saturated heterocycles. The summed E-state index contributed by atoms with van der Waals surface area (Å²) in [6, 6.07) is 12.5. The zero-order chi connectivity index (χ0) is 12.2. The first kappa shape index (κ1) is 11.4. The van der Waals surface area contributed by atoms with Crippen molar-refractivity contribution < 1.29 is 4.42 Å². The number of benzene rings is 1. The molecular weight excluding hydrogens is 224 g/mol. The second kappa shape index (κ2) is 5.27. The van der Waals surface area contributed by atoms with E-state index in [4.69, 9.17) is 4.42 Å². The monoisotopic (exact) mass is 242 g/mol. The van der Waals surface area contributed by atoms with Gasteiger partial charge in [-0.2, -0.15) is 0 Å². The molecule has 94 valence electrons. The van der Waals surface area contributed by atoms with E-state index >= 15 is 0 Å². The number of hydrogen-bond acceptors (Lipinski definition) is 3. The molecule has 1 aromatic carbocycles. The van der Waals surface area contributed by atoms with Gasteiger partial charge in [-0.05, 0) is 36.1 Å². The van der Waals surface area contributed by atoms with Gasteiger partial charge in [-0.1, -0.05) is 18.2 Å². The summed E-state index contributed by atoms with van der Waals surface area (Å²) in [6.07, 6.45) is 2.86. The number of rotatable bonds is 4. The van der Waals surface area contributed by atoms with Crippen molar-refractivity contribution in [1.82, 2.24) is 5.32 Å². The lowest BCUT2D eigenvalue weighted by atomic mass is 9.94. The highest BCUT2D eigenvalue weighted by Crippen LogP contribution is 2.23. The van der Waals surface area contributed by atoms with Crippen LogP contribution < -0.4 is 10.6 Å². The summed E-state index contributed by atoms with van der Waals surface area (Å²) in [5.74, 6) is 1.65. The molecule has 2 heterocycles. The number of hydrogen-bond donors (Lipinski definition) is 2. The second-order valence-corrected chi connectivity index (χ2v) is 4.82. The summed E-state index contributed by atoms with van der Waals surface area (Å²) in [4.78, 5) is 0. The quantitative estimate of drug-likeness (QED) is 0.865. The summed E-state index contributed by atoms with van der Waals surface area (Å²) in [5.41, 5.74) is 2.72. The first-order chi connectivity index (χ1) is 8.92. The van der Waals surface area contributed by atoms with Crippen LogP contribution in [0.15, 0.2) is 47.1 Å². The summed E-state index contributed by atoms with van der Waals surface area (Å²) in [7, 11) is 0. The molecule has 0 amide bonds. The van der Waals surface area contributed by atoms with Crippen molar-refractivity contribution >= 4 is 5.69 Å². The lowest BCUT2D eigenvalue weighted by Gasteiger charge is -2.26. The van der Waals surface area contributed by atoms with Gasteiger partial charge in [-0.3, -0.25) is 0 Å². The predicted octanol–water partition coefficient (Wildman–Crippen LogP) is 2.65. The average molecular weight is 242 g/mol. The van der Waals surface area contributed by atoms with Crippen molar-refractivity contribution in [1.29, 1.82) is 0 Å². The molecule has 1 aliphatic rings. The van der Waals surface area contributed by atoms with E-state index in [9.17, 15) is 0 Å². The zero-order valence-corrected chi connectivity index (χ0v) is 10.4. The van der Waals surface area contributed by atoms with Crippen molar-refractivity contribution in [2.24, 2.45) is 5.92 Å². The predicted molar refractivity (Wildman–Crippen MR) is 72.5 cm³/mol. The van der Waals surface area contributed by atoms with Gasteiger partial charge in [0.05, 0.1) is 12.8 Å². The standard InChI is InChI=1S/C15H18N2O/c1-2-6-15-13(4-1)8-12(10-17-15)9-16-11-14-5-3-7-18-14/h1-7,12,16-17H,8-11H2. The molecule has 0 radical (unpaired) electrons. The highest BCUT2D eigenvalue weighted by atomic mass is 16.3. The van der Waals surface area contributed by atoms with Crippen LogP contribution in [0.25, 0.3) is 0 Å². The van der Waals surface area contributed by atoms with Crippen molar-refractivity contribution in [3.05, 3.63) is 54.0 Å². The minimum Gasteiger partial charge on any atom is -0.468 e. The van der Waals surface area contributed by atoms with Gasteiger partial charge in [0.25, 0.3) is 0 Å². The van der Waals surface area contributed by atoms with Crippen molar-refractivity contribution in [2.75, 3.05) is 18.4 Å². The largest absolute Gasteiger partial charge is 0.468 e. The van der Waals surface area contributed by atoms with E-state index in [1.54, 1.807) is 6.26 Å². The molecule has 0 spiro atoms. The third-order valence-corrected chi connectivity index (χ3v) is 3.42. The van der Waals surface area contributed by atoms with Crippen LogP contribution in [0.2, 0.25) is 0 Å². The summed E-state index contributed by atoms with van der Waals surface area (Å²) >= 11 is 0. The Balaban J connectivity index is 1.51. The Labute approximate surface area is 107 Å². The van der Waals surface area contributed by atoms with Crippen molar-refractivity contribution in [2.45, 2.75) is 13.0 Å². The van der Waals surface area contributed by atoms with Crippen LogP contribution in [0.1, 0.15) is 11.3 Å². The molecule has 1 aromatic heterocycles. The molecule has 0 bridgehead atoms. The molecule has 1 unspecified atom stereocenters. The molecule has 2 N–H and O–H groups in total. The number of furan rings is 1. The highest BCUT2D eigenvalue weighted by molar-refractivity contribution is 5.53. The van der Waals surface area contributed by atoms with E-state index in [2.05, 4.69) is 34.9 Å². The average Bonchev–Trinajstić information content (AvgIpc) is 2.92. The van der Waals surface area contributed by atoms with Gasteiger partial charge in [-0.25, -0.2) is 0 Å². The van der Waals surface area contributed by atoms with Crippen LogP contribution in [-0.4, -0.2) is 13.1 Å². The number of anilines is 1. The van der Waals surface area contributed by atoms with Crippen molar-refractivity contribution in [3.63, 3.8) is 0 Å². The number of fused-ring (bicyclic) bond motifs is 1. The fraction of sp³-hybridized carbons (Fsp3) is 0.333. The molecule has 0 saturated carbocycles. The maximum Gasteiger partial charge on any atom is 0.117 e. The number of nitrogens with one attached hydrogen (secondary N) is 2. The van der Waals surface area contributed by atoms with Gasteiger partial charge < -0.3 is 15.1 Å². The molecule has 3 heteroatoms. The molecule has 3 nitrogen and oxygen atoms in total. The lowest BCUT2D eigenvalue weighted by molar-refractivity contribution is 0.441. The van der Waals surface area contributed by atoms with E-state index < -0.39 is 0 Å². The molecule has 1 atom stereocenters. The summed E-state index contributed by atoms with van der Waals surface area (Å²) in [5, 5.41) is 6.95. The number of para-hydroxylation sites is 1. The zero-order valence-electron chi connectivity index (χ0n) is 10.4. The maximum absolute atomic E-state index is 5.30. The van der Waals surface area contributed by atoms with Gasteiger partial charge in [0.15, 0.2) is 0 Å². The molecule has 0 aliphatic carbocycles. The lowest BCUT2D eigenvalue weighted by Crippen LogP contribution is -2.32. The van der Waals surface area contributed by atoms with Crippen LogP contribution in [0.5, 0.6) is 0 Å². The fourth-order valence-electron chi connectivity index (χ4n) is 2.47. The van der Waals surface area contributed by atoms with Gasteiger partial charge in [0.2, 0.25) is 0 Å². The second-order valence-electron chi connectivity index (χ2n) is 4.82. The minimum absolute atomic E-state index is 0.648. The minimum atomic E-state index is 0.648. The normalized spacial score (nSPS) is 18.1. The Hall–Kier alpha value is -1.74. The Morgan fingerprint density at radius 1 is 1.22 bits per heavy atom. The molecule has 3 rings (SSSR count). The van der Waals surface area contributed by atoms with E-state index in [0.29, 0.717) is 5.92 Å². The van der Waals surface area contributed by atoms with Gasteiger partial charge >= 0.3 is 0 Å². The van der Waals surface area contributed by atoms with Crippen molar-refractivity contribution in [3.8, 4) is 0 Å². The topological polar surface area (TPSA) is 37.2 Å². The first-order valence-electron chi connectivity index (χ1n) is 6.47. The van der Waals surface area contributed by atoms with Gasteiger partial charge in [0, 0.05) is 18.8 Å². The van der Waals surface area contributed by atoms with E-state index in [0.717, 1.165) is 31.8 Å². The van der Waals surface area contributed by atoms with Crippen LogP contribution in [0.3, 0.4) is 0 Å². The maximum atomic E-state index is 5.30. The molecule has 1 aliphatic heterocycles. The van der Waals surface area contributed by atoms with Crippen LogP contribution in [0, 0.1) is 5.92 Å². The van der Waals surface area contributed by atoms with Gasteiger partial charge in [0.1, 0.15) is 5.76 Å². The Morgan fingerprint density at radius 2 is 2.17 bits per heavy atom. The van der Waals surface area contributed by atoms with E-state index in [1.807, 2.05) is 12.1 Å². The van der Waals surface area contributed by atoms with Crippen LogP contribution in [-0.2, 0) is 13.0 Å². The molecule has 0 fully saturated rings. The fourth-order valence-corrected chi connectivity index (χ4v) is 2.47.